The van der Waals surface area contributed by atoms with Gasteiger partial charge in [0, 0.05) is 32.4 Å². The van der Waals surface area contributed by atoms with Gasteiger partial charge in [-0.3, -0.25) is 4.79 Å². The van der Waals surface area contributed by atoms with Gasteiger partial charge in [-0.2, -0.15) is 5.26 Å². The monoisotopic (exact) mass is 232 g/mol. The SMILES string of the molecule is CN1CCN(C(=O)Cn2cccc2C#N)CC1. The van der Waals surface area contributed by atoms with E-state index in [0.29, 0.717) is 5.69 Å². The van der Waals surface area contributed by atoms with E-state index in [1.807, 2.05) is 4.90 Å². The highest BCUT2D eigenvalue weighted by Crippen LogP contribution is 2.04. The van der Waals surface area contributed by atoms with Gasteiger partial charge in [-0.1, -0.05) is 0 Å². The van der Waals surface area contributed by atoms with Crippen molar-refractivity contribution in [2.24, 2.45) is 0 Å². The van der Waals surface area contributed by atoms with Crippen LogP contribution in [0.25, 0.3) is 0 Å². The molecule has 1 aromatic heterocycles. The molecule has 0 aliphatic carbocycles. The Labute approximate surface area is 101 Å². The van der Waals surface area contributed by atoms with E-state index in [4.69, 9.17) is 5.26 Å². The predicted octanol–water partition coefficient (Wildman–Crippen LogP) is 0.134. The number of amides is 1. The number of hydrogen-bond acceptors (Lipinski definition) is 3. The van der Waals surface area contributed by atoms with Crippen molar-refractivity contribution in [1.29, 1.82) is 5.26 Å². The molecule has 0 radical (unpaired) electrons. The van der Waals surface area contributed by atoms with Crippen LogP contribution in [-0.2, 0) is 11.3 Å². The van der Waals surface area contributed by atoms with E-state index in [2.05, 4.69) is 18.0 Å². The molecule has 5 heteroatoms. The molecule has 0 unspecified atom stereocenters. The Kier molecular flexibility index (Phi) is 3.45. The summed E-state index contributed by atoms with van der Waals surface area (Å²) in [6.45, 7) is 3.65. The van der Waals surface area contributed by atoms with Gasteiger partial charge in [-0.25, -0.2) is 0 Å². The maximum Gasteiger partial charge on any atom is 0.242 e. The minimum Gasteiger partial charge on any atom is -0.339 e. The highest BCUT2D eigenvalue weighted by Gasteiger charge is 2.19. The first-order valence-electron chi connectivity index (χ1n) is 5.72. The van der Waals surface area contributed by atoms with Crippen LogP contribution >= 0.6 is 0 Å². The number of carbonyl (C=O) groups is 1. The maximum absolute atomic E-state index is 12.0. The zero-order chi connectivity index (χ0) is 12.3. The molecular weight excluding hydrogens is 216 g/mol. The molecule has 90 valence electrons. The predicted molar refractivity (Wildman–Crippen MR) is 63.2 cm³/mol. The Bertz CT molecular complexity index is 438. The van der Waals surface area contributed by atoms with Crippen molar-refractivity contribution in [3.63, 3.8) is 0 Å². The average Bonchev–Trinajstić information content (AvgIpc) is 2.77. The molecule has 2 rings (SSSR count). The van der Waals surface area contributed by atoms with Gasteiger partial charge in [0.15, 0.2) is 0 Å². The highest BCUT2D eigenvalue weighted by molar-refractivity contribution is 5.76. The Balaban J connectivity index is 1.96. The first-order valence-corrected chi connectivity index (χ1v) is 5.72. The fraction of sp³-hybridized carbons (Fsp3) is 0.500. The van der Waals surface area contributed by atoms with E-state index in [9.17, 15) is 4.79 Å². The molecule has 5 nitrogen and oxygen atoms in total. The van der Waals surface area contributed by atoms with Crippen LogP contribution in [0.4, 0.5) is 0 Å². The molecule has 0 N–H and O–H groups in total. The first kappa shape index (κ1) is 11.7. The lowest BCUT2D eigenvalue weighted by Crippen LogP contribution is -2.48. The summed E-state index contributed by atoms with van der Waals surface area (Å²) >= 11 is 0. The summed E-state index contributed by atoms with van der Waals surface area (Å²) in [5.41, 5.74) is 0.535. The van der Waals surface area contributed by atoms with Crippen LogP contribution in [0.5, 0.6) is 0 Å². The number of nitrogens with zero attached hydrogens (tertiary/aromatic N) is 4. The van der Waals surface area contributed by atoms with Gasteiger partial charge in [0.25, 0.3) is 0 Å². The molecule has 0 saturated carbocycles. The first-order chi connectivity index (χ1) is 8.20. The number of hydrogen-bond donors (Lipinski definition) is 0. The zero-order valence-electron chi connectivity index (χ0n) is 9.96. The van der Waals surface area contributed by atoms with Gasteiger partial charge in [0.1, 0.15) is 18.3 Å². The van der Waals surface area contributed by atoms with Gasteiger partial charge < -0.3 is 14.4 Å². The Morgan fingerprint density at radius 3 is 2.76 bits per heavy atom. The lowest BCUT2D eigenvalue weighted by Gasteiger charge is -2.32. The van der Waals surface area contributed by atoms with E-state index in [1.165, 1.54) is 0 Å². The number of likely N-dealkylation sites (N-methyl/N-ethyl adjacent to an activating group) is 1. The number of rotatable bonds is 2. The minimum atomic E-state index is 0.0887. The molecule has 0 atom stereocenters. The molecule has 2 heterocycles. The smallest absolute Gasteiger partial charge is 0.242 e. The van der Waals surface area contributed by atoms with Crippen LogP contribution in [0.3, 0.4) is 0 Å². The standard InChI is InChI=1S/C12H16N4O/c1-14-5-7-15(8-6-14)12(17)10-16-4-2-3-11(16)9-13/h2-4H,5-8,10H2,1H3. The second kappa shape index (κ2) is 5.02. The summed E-state index contributed by atoms with van der Waals surface area (Å²) in [5, 5.41) is 8.86. The largest absolute Gasteiger partial charge is 0.339 e. The third kappa shape index (κ3) is 2.66. The summed E-state index contributed by atoms with van der Waals surface area (Å²) in [6.07, 6.45) is 1.77. The van der Waals surface area contributed by atoms with Crippen molar-refractivity contribution in [2.45, 2.75) is 6.54 Å². The number of carbonyl (C=O) groups excluding carboxylic acids is 1. The molecule has 1 saturated heterocycles. The summed E-state index contributed by atoms with van der Waals surface area (Å²) in [5.74, 6) is 0.0887. The fourth-order valence-electron chi connectivity index (χ4n) is 1.96. The molecule has 1 fully saturated rings. The van der Waals surface area contributed by atoms with Crippen molar-refractivity contribution in [1.82, 2.24) is 14.4 Å². The van der Waals surface area contributed by atoms with E-state index in [1.54, 1.807) is 22.9 Å². The number of aromatic nitrogens is 1. The van der Waals surface area contributed by atoms with Crippen LogP contribution in [0, 0.1) is 11.3 Å². The van der Waals surface area contributed by atoms with Crippen molar-refractivity contribution in [3.8, 4) is 6.07 Å². The Morgan fingerprint density at radius 1 is 1.41 bits per heavy atom. The molecule has 1 aliphatic rings. The quantitative estimate of drug-likeness (QED) is 0.728. The molecule has 17 heavy (non-hydrogen) atoms. The number of nitriles is 1. The molecule has 0 bridgehead atoms. The normalized spacial score (nSPS) is 16.8. The van der Waals surface area contributed by atoms with Crippen molar-refractivity contribution >= 4 is 5.91 Å². The molecule has 0 spiro atoms. The van der Waals surface area contributed by atoms with Crippen molar-refractivity contribution in [2.75, 3.05) is 33.2 Å². The van der Waals surface area contributed by atoms with Crippen LogP contribution in [0.1, 0.15) is 5.69 Å². The second-order valence-electron chi connectivity index (χ2n) is 4.32. The summed E-state index contributed by atoms with van der Waals surface area (Å²) in [6, 6.07) is 5.58. The van der Waals surface area contributed by atoms with Crippen LogP contribution in [-0.4, -0.2) is 53.5 Å². The van der Waals surface area contributed by atoms with Crippen LogP contribution in [0.2, 0.25) is 0 Å². The van der Waals surface area contributed by atoms with E-state index >= 15 is 0 Å². The molecule has 1 amide bonds. The molecule has 1 aliphatic heterocycles. The fourth-order valence-corrected chi connectivity index (χ4v) is 1.96. The number of piperazine rings is 1. The van der Waals surface area contributed by atoms with Crippen LogP contribution in [0.15, 0.2) is 18.3 Å². The lowest BCUT2D eigenvalue weighted by molar-refractivity contribution is -0.133. The summed E-state index contributed by atoms with van der Waals surface area (Å²) in [7, 11) is 2.06. The Morgan fingerprint density at radius 2 is 2.12 bits per heavy atom. The van der Waals surface area contributed by atoms with Gasteiger partial charge >= 0.3 is 0 Å². The summed E-state index contributed by atoms with van der Waals surface area (Å²) in [4.78, 5) is 16.1. The average molecular weight is 232 g/mol. The van der Waals surface area contributed by atoms with Gasteiger partial charge in [-0.05, 0) is 19.2 Å². The van der Waals surface area contributed by atoms with Gasteiger partial charge in [0.05, 0.1) is 0 Å². The lowest BCUT2D eigenvalue weighted by atomic mass is 10.3. The van der Waals surface area contributed by atoms with Crippen molar-refractivity contribution in [3.05, 3.63) is 24.0 Å². The minimum absolute atomic E-state index is 0.0887. The highest BCUT2D eigenvalue weighted by atomic mass is 16.2. The third-order valence-corrected chi connectivity index (χ3v) is 3.11. The zero-order valence-corrected chi connectivity index (χ0v) is 9.96. The topological polar surface area (TPSA) is 52.3 Å². The Hall–Kier alpha value is -1.80. The second-order valence-corrected chi connectivity index (χ2v) is 4.32. The van der Waals surface area contributed by atoms with Crippen molar-refractivity contribution < 1.29 is 4.79 Å². The molecule has 1 aromatic rings. The maximum atomic E-state index is 12.0. The molecular formula is C12H16N4O. The van der Waals surface area contributed by atoms with Crippen LogP contribution < -0.4 is 0 Å². The third-order valence-electron chi connectivity index (χ3n) is 3.11. The van der Waals surface area contributed by atoms with Gasteiger partial charge in [0.2, 0.25) is 5.91 Å². The van der Waals surface area contributed by atoms with E-state index in [0.717, 1.165) is 26.2 Å². The molecule has 0 aromatic carbocycles. The van der Waals surface area contributed by atoms with E-state index < -0.39 is 0 Å². The van der Waals surface area contributed by atoms with E-state index in [-0.39, 0.29) is 12.5 Å². The summed E-state index contributed by atoms with van der Waals surface area (Å²) < 4.78 is 1.70. The van der Waals surface area contributed by atoms with Gasteiger partial charge in [-0.15, -0.1) is 0 Å².